The molecule has 2 amide bonds. The number of aromatic nitrogens is 1. The Hall–Kier alpha value is -7.19. The number of carbonyl (C=O) groups is 2. The normalized spacial score (nSPS) is 8.40. The molecule has 0 radical (unpaired) electrons. The van der Waals surface area contributed by atoms with E-state index in [1.807, 2.05) is 27.7 Å². The minimum absolute atomic E-state index is 0. The van der Waals surface area contributed by atoms with E-state index in [9.17, 15) is 19.7 Å². The Labute approximate surface area is 312 Å². The van der Waals surface area contributed by atoms with Gasteiger partial charge in [0.1, 0.15) is 17.2 Å². The molecule has 0 bridgehead atoms. The van der Waals surface area contributed by atoms with Gasteiger partial charge in [0, 0.05) is 57.9 Å². The van der Waals surface area contributed by atoms with Gasteiger partial charge in [0.15, 0.2) is 12.4 Å². The van der Waals surface area contributed by atoms with Gasteiger partial charge in [0.2, 0.25) is 0 Å². The number of nitrogens with zero attached hydrogens (tertiary/aromatic N) is 6. The quantitative estimate of drug-likeness (QED) is 0.0379. The van der Waals surface area contributed by atoms with Crippen LogP contribution in [0.3, 0.4) is 0 Å². The molecule has 1 aromatic rings. The largest absolute Gasteiger partial charge is 0.415 e. The zero-order chi connectivity index (χ0) is 39.2. The smallest absolute Gasteiger partial charge is 0.388 e. The van der Waals surface area contributed by atoms with Crippen LogP contribution >= 0.6 is 0 Å². The zero-order valence-corrected chi connectivity index (χ0v) is 28.8. The molecule has 52 heavy (non-hydrogen) atoms. The van der Waals surface area contributed by atoms with Crippen LogP contribution in [0.15, 0.2) is 40.3 Å². The number of carbonyl (C=O) groups excluding carboxylic acids is 2. The van der Waals surface area contributed by atoms with Crippen molar-refractivity contribution < 1.29 is 72.1 Å². The number of ether oxygens (including phenoxy) is 1. The summed E-state index contributed by atoms with van der Waals surface area (Å²) in [7, 11) is 0. The molecule has 0 saturated heterocycles. The van der Waals surface area contributed by atoms with Gasteiger partial charge in [-0.2, -0.15) is 15.1 Å². The van der Waals surface area contributed by atoms with Crippen LogP contribution in [0.5, 0.6) is 0 Å². The Balaban J connectivity index is -0.0000000696. The predicted octanol–water partition coefficient (Wildman–Crippen LogP) is 4.07. The molecule has 0 aromatic carbocycles. The van der Waals surface area contributed by atoms with Gasteiger partial charge < -0.3 is 19.8 Å². The maximum absolute atomic E-state index is 12.2. The van der Waals surface area contributed by atoms with Crippen molar-refractivity contribution in [3.63, 3.8) is 0 Å². The van der Waals surface area contributed by atoms with E-state index < -0.39 is 17.1 Å². The third kappa shape index (κ3) is 29.0. The molecule has 4 N–H and O–H groups in total. The summed E-state index contributed by atoms with van der Waals surface area (Å²) in [5.41, 5.74) is 6.35. The van der Waals surface area contributed by atoms with E-state index in [0.29, 0.717) is 5.56 Å². The van der Waals surface area contributed by atoms with Crippen LogP contribution in [0.25, 0.3) is 0 Å². The highest BCUT2D eigenvalue weighted by Crippen LogP contribution is 2.07. The van der Waals surface area contributed by atoms with Gasteiger partial charge in [-0.05, 0) is 124 Å². The fraction of sp³-hybridized carbons (Fsp3) is 0.344. The highest BCUT2D eigenvalue weighted by atomic mass is 17.8. The maximum atomic E-state index is 12.2. The average Bonchev–Trinajstić information content (AvgIpc) is 3.11. The lowest BCUT2D eigenvalue weighted by atomic mass is 10.2. The van der Waals surface area contributed by atoms with Crippen LogP contribution in [0, 0.1) is 98.5 Å². The van der Waals surface area contributed by atoms with Gasteiger partial charge >= 0.3 is 6.09 Å². The molecule has 20 heteroatoms. The Kier molecular flexibility index (Phi) is 30.4. The summed E-state index contributed by atoms with van der Waals surface area (Å²) in [4.78, 5) is 43.6. The van der Waals surface area contributed by atoms with E-state index in [1.165, 1.54) is 6.20 Å². The van der Waals surface area contributed by atoms with Gasteiger partial charge in [0.05, 0.1) is 5.28 Å². The van der Waals surface area contributed by atoms with Crippen molar-refractivity contribution in [2.24, 2.45) is 15.7 Å². The Morgan fingerprint density at radius 2 is 1.50 bits per heavy atom. The van der Waals surface area contributed by atoms with Crippen molar-refractivity contribution in [3.05, 3.63) is 40.2 Å². The lowest BCUT2D eigenvalue weighted by Crippen LogP contribution is -2.45. The lowest BCUT2D eigenvalue weighted by Gasteiger charge is -2.29. The van der Waals surface area contributed by atoms with Crippen molar-refractivity contribution in [3.8, 4) is 82.9 Å². The summed E-state index contributed by atoms with van der Waals surface area (Å²) in [6.45, 7) is 10.8. The second kappa shape index (κ2) is 33.7. The molecular weight excluding hydrogens is 688 g/mol. The molecule has 0 aliphatic carbocycles. The fourth-order valence-corrected chi connectivity index (χ4v) is 2.87. The summed E-state index contributed by atoms with van der Waals surface area (Å²) in [5, 5.41) is 38.5. The van der Waals surface area contributed by atoms with E-state index in [-0.39, 0.29) is 44.8 Å². The predicted molar refractivity (Wildman–Crippen MR) is 194 cm³/mol. The van der Waals surface area contributed by atoms with Crippen LogP contribution in [0.1, 0.15) is 64.7 Å². The summed E-state index contributed by atoms with van der Waals surface area (Å²) < 4.78 is 6.85. The number of nitrogens with one attached hydrogen (secondary N) is 2. The first-order valence-electron chi connectivity index (χ1n) is 14.1. The molecule has 0 saturated carbocycles. The minimum atomic E-state index is -0.922. The van der Waals surface area contributed by atoms with Crippen molar-refractivity contribution in [2.45, 2.75) is 60.4 Å². The molecular formula is C32H52N8O12+2. The summed E-state index contributed by atoms with van der Waals surface area (Å²) >= 11 is 0. The lowest BCUT2D eigenvalue weighted by molar-refractivity contribution is -0.757. The third-order valence-corrected chi connectivity index (χ3v) is 4.54. The van der Waals surface area contributed by atoms with E-state index in [0.717, 1.165) is 0 Å². The number of hydrogen-bond acceptors (Lipinski definition) is 13. The van der Waals surface area contributed by atoms with Crippen LogP contribution in [-0.2, 0) is 41.4 Å². The molecule has 0 fully saturated rings. The molecule has 0 aliphatic rings. The van der Waals surface area contributed by atoms with E-state index in [4.69, 9.17) is 15.5 Å². The summed E-state index contributed by atoms with van der Waals surface area (Å²) in [5.74, 6) is 35.2. The van der Waals surface area contributed by atoms with Gasteiger partial charge in [-0.1, -0.05) is 11.8 Å². The molecule has 290 valence electrons. The Morgan fingerprint density at radius 1 is 0.962 bits per heavy atom. The molecule has 0 atom stereocenters. The van der Waals surface area contributed by atoms with Gasteiger partial charge in [-0.3, -0.25) is 4.79 Å². The van der Waals surface area contributed by atoms with E-state index in [1.54, 1.807) is 41.6 Å². The second-order valence-electron chi connectivity index (χ2n) is 8.69. The Bertz CT molecular complexity index is 1740. The first-order valence-corrected chi connectivity index (χ1v) is 14.1. The van der Waals surface area contributed by atoms with Gasteiger partial charge in [0.25, 0.3) is 17.7 Å². The monoisotopic (exact) mass is 740 g/mol. The minimum Gasteiger partial charge on any atom is -0.388 e. The molecule has 1 heterocycles. The first kappa shape index (κ1) is 46.9. The average molecular weight is 741 g/mol. The molecule has 0 aliphatic heterocycles. The highest BCUT2D eigenvalue weighted by Gasteiger charge is 2.22. The zero-order valence-electron chi connectivity index (χ0n) is 28.8. The number of hydrogen-bond donors (Lipinski definition) is 2. The van der Waals surface area contributed by atoms with E-state index in [2.05, 4.69) is 134 Å². The molecule has 1 aromatic heterocycles. The van der Waals surface area contributed by atoms with Crippen LogP contribution in [0.2, 0.25) is 0 Å². The third-order valence-electron chi connectivity index (χ3n) is 4.54. The second-order valence-corrected chi connectivity index (χ2v) is 8.69. The summed E-state index contributed by atoms with van der Waals surface area (Å²) in [6, 6.07) is 3.23. The summed E-state index contributed by atoms with van der Waals surface area (Å²) in [6.07, 6.45) is 2.75. The topological polar surface area (TPSA) is 245 Å². The molecule has 1 rings (SSSR count). The van der Waals surface area contributed by atoms with E-state index >= 15 is 0 Å². The fourth-order valence-electron chi connectivity index (χ4n) is 2.87. The maximum Gasteiger partial charge on any atom is 0.415 e. The molecule has 0 unspecified atom stereocenters. The SMILES string of the molecule is CC#CC#CC#CC#CC#CC#CC#CC.CC(C)N(C(=O)OC[n+]1cccc(C(=O)NCCO[N+](=O)[O-])c1)C(C)C.N=N/N=N/OOOOO[OH2+].[HH].[HH].[HH].[HH].[HH].[HH].[HH].[HH].[HH]. The van der Waals surface area contributed by atoms with Crippen molar-refractivity contribution in [1.29, 1.82) is 5.53 Å². The van der Waals surface area contributed by atoms with Crippen molar-refractivity contribution in [1.82, 2.24) is 10.2 Å². The van der Waals surface area contributed by atoms with Crippen molar-refractivity contribution >= 4 is 12.0 Å². The van der Waals surface area contributed by atoms with Gasteiger partial charge in [-0.15, -0.1) is 10.1 Å². The van der Waals surface area contributed by atoms with Gasteiger partial charge in [-0.25, -0.2) is 10.1 Å². The van der Waals surface area contributed by atoms with Crippen molar-refractivity contribution in [2.75, 3.05) is 13.2 Å². The molecule has 0 spiro atoms. The molecule has 20 nitrogen and oxygen atoms in total. The Morgan fingerprint density at radius 3 is 1.96 bits per heavy atom. The first-order chi connectivity index (χ1) is 25.0. The van der Waals surface area contributed by atoms with Crippen LogP contribution in [0.4, 0.5) is 4.79 Å². The highest BCUT2D eigenvalue weighted by molar-refractivity contribution is 5.93. The number of pyridine rings is 1. The number of amides is 2. The van der Waals surface area contributed by atoms with Crippen LogP contribution in [-0.4, -0.2) is 52.5 Å². The number of rotatable bonds is 15. The van der Waals surface area contributed by atoms with Crippen LogP contribution < -0.4 is 9.88 Å². The standard InChI is InChI=1S/C16H24N4O6.C16H6.H2N4O6.9H2/c1-12(2)19(13(3)4)16(22)25-11-18-8-5-6-14(10-18)15(21)17-7-9-26-20(23)24;1-3-5-7-9-11-13-15-16-14-12-10-8-6-4-2;1-2-3-4-6-8-10-9-7-5;;;;;;;;;/h5-6,8,10,12-13H,7,9,11H2,1-4H3;1-2H3;1,5H;9*1H/p+2/b;;2-1?,4-3+;;;;;;;;;.